The summed E-state index contributed by atoms with van der Waals surface area (Å²) >= 11 is 0. The van der Waals surface area contributed by atoms with E-state index in [4.69, 9.17) is 4.74 Å². The van der Waals surface area contributed by atoms with E-state index in [1.807, 2.05) is 43.3 Å². The molecule has 1 saturated heterocycles. The lowest BCUT2D eigenvalue weighted by Crippen LogP contribution is -2.43. The Kier molecular flexibility index (Phi) is 4.76. The van der Waals surface area contributed by atoms with Crippen LogP contribution in [0.3, 0.4) is 0 Å². The number of hydrogen-bond acceptors (Lipinski definition) is 4. The number of nitrogens with zero attached hydrogens (tertiary/aromatic N) is 1. The van der Waals surface area contributed by atoms with Gasteiger partial charge in [0.15, 0.2) is 0 Å². The molecule has 2 rings (SSSR count). The van der Waals surface area contributed by atoms with Gasteiger partial charge in [0.1, 0.15) is 0 Å². The van der Waals surface area contributed by atoms with Crippen molar-refractivity contribution in [3.05, 3.63) is 24.3 Å². The zero-order chi connectivity index (χ0) is 13.7. The van der Waals surface area contributed by atoms with Crippen LogP contribution in [-0.4, -0.2) is 45.8 Å². The summed E-state index contributed by atoms with van der Waals surface area (Å²) in [6.07, 6.45) is 0.432. The van der Waals surface area contributed by atoms with Crippen molar-refractivity contribution in [2.45, 2.75) is 12.5 Å². The average molecular weight is 263 g/mol. The number of para-hydroxylation sites is 2. The normalized spacial score (nSPS) is 18.9. The van der Waals surface area contributed by atoms with E-state index in [0.717, 1.165) is 24.5 Å². The van der Waals surface area contributed by atoms with E-state index in [1.165, 1.54) is 0 Å². The van der Waals surface area contributed by atoms with E-state index >= 15 is 0 Å². The van der Waals surface area contributed by atoms with Crippen LogP contribution in [0.15, 0.2) is 24.3 Å². The zero-order valence-corrected chi connectivity index (χ0v) is 11.5. The molecular formula is C14H21N3O2. The predicted octanol–water partition coefficient (Wildman–Crippen LogP) is 1.07. The summed E-state index contributed by atoms with van der Waals surface area (Å²) in [5.74, 6) is 0.0114. The maximum absolute atomic E-state index is 12.0. The van der Waals surface area contributed by atoms with Crippen molar-refractivity contribution < 1.29 is 9.53 Å². The third-order valence-corrected chi connectivity index (χ3v) is 3.09. The van der Waals surface area contributed by atoms with Crippen molar-refractivity contribution in [1.82, 2.24) is 5.32 Å². The summed E-state index contributed by atoms with van der Waals surface area (Å²) in [5.41, 5.74) is 1.85. The second kappa shape index (κ2) is 6.54. The van der Waals surface area contributed by atoms with E-state index in [-0.39, 0.29) is 11.9 Å². The van der Waals surface area contributed by atoms with Gasteiger partial charge in [0.2, 0.25) is 5.91 Å². The van der Waals surface area contributed by atoms with Crippen LogP contribution in [0.5, 0.6) is 0 Å². The molecule has 1 aromatic carbocycles. The number of rotatable bonds is 4. The molecule has 2 N–H and O–H groups in total. The number of anilines is 2. The maximum atomic E-state index is 12.0. The molecule has 1 aliphatic rings. The van der Waals surface area contributed by atoms with Crippen LogP contribution in [-0.2, 0) is 9.53 Å². The molecule has 0 saturated carbocycles. The number of benzene rings is 1. The monoisotopic (exact) mass is 263 g/mol. The Bertz CT molecular complexity index is 428. The first-order chi connectivity index (χ1) is 9.16. The number of carbonyl (C=O) groups is 1. The number of nitrogens with one attached hydrogen (secondary N) is 2. The second-order valence-electron chi connectivity index (χ2n) is 4.89. The lowest BCUT2D eigenvalue weighted by molar-refractivity contribution is -0.117. The number of carbonyl (C=O) groups excluding carboxylic acids is 1. The smallest absolute Gasteiger partial charge is 0.226 e. The highest BCUT2D eigenvalue weighted by molar-refractivity contribution is 5.94. The highest BCUT2D eigenvalue weighted by atomic mass is 16.5. The Morgan fingerprint density at radius 1 is 1.47 bits per heavy atom. The zero-order valence-electron chi connectivity index (χ0n) is 11.5. The van der Waals surface area contributed by atoms with Crippen LogP contribution >= 0.6 is 0 Å². The molecule has 0 aliphatic carbocycles. The Morgan fingerprint density at radius 2 is 2.26 bits per heavy atom. The van der Waals surface area contributed by atoms with Crippen LogP contribution < -0.4 is 15.5 Å². The molecule has 1 heterocycles. The lowest BCUT2D eigenvalue weighted by Gasteiger charge is -2.24. The van der Waals surface area contributed by atoms with Gasteiger partial charge in [-0.3, -0.25) is 4.79 Å². The van der Waals surface area contributed by atoms with E-state index < -0.39 is 0 Å². The summed E-state index contributed by atoms with van der Waals surface area (Å²) in [4.78, 5) is 14.0. The molecule has 1 aliphatic heterocycles. The Morgan fingerprint density at radius 3 is 2.95 bits per heavy atom. The van der Waals surface area contributed by atoms with Crippen LogP contribution in [0.25, 0.3) is 0 Å². The van der Waals surface area contributed by atoms with E-state index in [0.29, 0.717) is 13.0 Å². The van der Waals surface area contributed by atoms with Crippen molar-refractivity contribution in [1.29, 1.82) is 0 Å². The molecule has 1 amide bonds. The van der Waals surface area contributed by atoms with Gasteiger partial charge >= 0.3 is 0 Å². The fraction of sp³-hybridized carbons (Fsp3) is 0.500. The minimum atomic E-state index is 0.0114. The summed E-state index contributed by atoms with van der Waals surface area (Å²) < 4.78 is 5.34. The first-order valence-corrected chi connectivity index (χ1v) is 6.54. The standard InChI is InChI=1S/C14H21N3O2/c1-17(2)13-6-4-3-5-12(13)16-14(18)9-11-10-19-8-7-15-11/h3-6,11,15H,7-10H2,1-2H3,(H,16,18). The molecule has 104 valence electrons. The van der Waals surface area contributed by atoms with Crippen LogP contribution in [0, 0.1) is 0 Å². The Balaban J connectivity index is 1.94. The van der Waals surface area contributed by atoms with E-state index in [1.54, 1.807) is 0 Å². The number of hydrogen-bond donors (Lipinski definition) is 2. The fourth-order valence-corrected chi connectivity index (χ4v) is 2.15. The van der Waals surface area contributed by atoms with Crippen molar-refractivity contribution in [2.75, 3.05) is 44.1 Å². The van der Waals surface area contributed by atoms with Crippen LogP contribution in [0.1, 0.15) is 6.42 Å². The van der Waals surface area contributed by atoms with Gasteiger partial charge in [0.25, 0.3) is 0 Å². The predicted molar refractivity (Wildman–Crippen MR) is 76.6 cm³/mol. The molecule has 1 atom stereocenters. The maximum Gasteiger partial charge on any atom is 0.226 e. The van der Waals surface area contributed by atoms with Gasteiger partial charge in [-0.1, -0.05) is 12.1 Å². The fourth-order valence-electron chi connectivity index (χ4n) is 2.15. The highest BCUT2D eigenvalue weighted by Crippen LogP contribution is 2.23. The molecular weight excluding hydrogens is 242 g/mol. The summed E-state index contributed by atoms with van der Waals surface area (Å²) in [5, 5.41) is 6.24. The molecule has 1 unspecified atom stereocenters. The average Bonchev–Trinajstić information content (AvgIpc) is 2.40. The summed E-state index contributed by atoms with van der Waals surface area (Å²) in [6, 6.07) is 7.89. The van der Waals surface area contributed by atoms with Crippen molar-refractivity contribution in [3.8, 4) is 0 Å². The van der Waals surface area contributed by atoms with Gasteiger partial charge in [-0.15, -0.1) is 0 Å². The minimum absolute atomic E-state index is 0.0114. The summed E-state index contributed by atoms with van der Waals surface area (Å²) in [6.45, 7) is 2.14. The van der Waals surface area contributed by atoms with Crippen molar-refractivity contribution in [2.24, 2.45) is 0 Å². The summed E-state index contributed by atoms with van der Waals surface area (Å²) in [7, 11) is 3.92. The number of morpholine rings is 1. The molecule has 1 fully saturated rings. The Hall–Kier alpha value is -1.59. The van der Waals surface area contributed by atoms with E-state index in [9.17, 15) is 4.79 Å². The van der Waals surface area contributed by atoms with Gasteiger partial charge in [-0.05, 0) is 12.1 Å². The molecule has 5 heteroatoms. The van der Waals surface area contributed by atoms with Gasteiger partial charge in [-0.2, -0.15) is 0 Å². The van der Waals surface area contributed by atoms with Crippen molar-refractivity contribution >= 4 is 17.3 Å². The van der Waals surface area contributed by atoms with E-state index in [2.05, 4.69) is 10.6 Å². The van der Waals surface area contributed by atoms with Gasteiger partial charge in [0, 0.05) is 33.1 Å². The lowest BCUT2D eigenvalue weighted by atomic mass is 10.2. The van der Waals surface area contributed by atoms with Gasteiger partial charge in [0.05, 0.1) is 24.6 Å². The largest absolute Gasteiger partial charge is 0.378 e. The first kappa shape index (κ1) is 13.8. The molecule has 19 heavy (non-hydrogen) atoms. The molecule has 1 aromatic rings. The van der Waals surface area contributed by atoms with Crippen LogP contribution in [0.4, 0.5) is 11.4 Å². The molecule has 0 radical (unpaired) electrons. The first-order valence-electron chi connectivity index (χ1n) is 6.54. The third kappa shape index (κ3) is 3.94. The third-order valence-electron chi connectivity index (χ3n) is 3.09. The van der Waals surface area contributed by atoms with Crippen LogP contribution in [0.2, 0.25) is 0 Å². The molecule has 0 aromatic heterocycles. The minimum Gasteiger partial charge on any atom is -0.378 e. The second-order valence-corrected chi connectivity index (χ2v) is 4.89. The molecule has 0 bridgehead atoms. The molecule has 5 nitrogen and oxygen atoms in total. The highest BCUT2D eigenvalue weighted by Gasteiger charge is 2.17. The Labute approximate surface area is 113 Å². The number of amides is 1. The SMILES string of the molecule is CN(C)c1ccccc1NC(=O)CC1COCCN1. The molecule has 0 spiro atoms. The van der Waals surface area contributed by atoms with Gasteiger partial charge in [-0.25, -0.2) is 0 Å². The quantitative estimate of drug-likeness (QED) is 0.853. The number of ether oxygens (including phenoxy) is 1. The van der Waals surface area contributed by atoms with Gasteiger partial charge < -0.3 is 20.3 Å². The topological polar surface area (TPSA) is 53.6 Å². The van der Waals surface area contributed by atoms with Crippen molar-refractivity contribution in [3.63, 3.8) is 0 Å².